The second-order valence-electron chi connectivity index (χ2n) is 4.29. The lowest BCUT2D eigenvalue weighted by Crippen LogP contribution is -2.12. The lowest BCUT2D eigenvalue weighted by atomic mass is 10.0. The van der Waals surface area contributed by atoms with Crippen LogP contribution in [0.2, 0.25) is 0 Å². The predicted octanol–water partition coefficient (Wildman–Crippen LogP) is 4.06. The van der Waals surface area contributed by atoms with Gasteiger partial charge in [-0.15, -0.1) is 10.2 Å². The summed E-state index contributed by atoms with van der Waals surface area (Å²) in [6, 6.07) is 13.5. The van der Waals surface area contributed by atoms with Crippen LogP contribution in [0.3, 0.4) is 0 Å². The number of thioether (sulfide) groups is 1. The second kappa shape index (κ2) is 6.24. The predicted molar refractivity (Wildman–Crippen MR) is 88.2 cm³/mol. The summed E-state index contributed by atoms with van der Waals surface area (Å²) in [5.74, 6) is 0.780. The zero-order valence-electron chi connectivity index (χ0n) is 11.4. The minimum Gasteiger partial charge on any atom is -0.296 e. The molecule has 4 nitrogen and oxygen atoms in total. The lowest BCUT2D eigenvalue weighted by molar-refractivity contribution is 0.102. The van der Waals surface area contributed by atoms with Crippen LogP contribution in [0.15, 0.2) is 46.8 Å². The Morgan fingerprint density at radius 2 is 2.00 bits per heavy atom. The number of hydrogen-bond donors (Lipinski definition) is 1. The van der Waals surface area contributed by atoms with Gasteiger partial charge in [0.15, 0.2) is 4.34 Å². The van der Waals surface area contributed by atoms with Gasteiger partial charge >= 0.3 is 0 Å². The van der Waals surface area contributed by atoms with Gasteiger partial charge in [-0.3, -0.25) is 10.1 Å². The summed E-state index contributed by atoms with van der Waals surface area (Å²) >= 11 is 3.01. The number of rotatable bonds is 4. The van der Waals surface area contributed by atoms with Gasteiger partial charge in [-0.25, -0.2) is 0 Å². The van der Waals surface area contributed by atoms with Crippen LogP contribution >= 0.6 is 23.1 Å². The third kappa shape index (κ3) is 3.06. The van der Waals surface area contributed by atoms with Crippen LogP contribution in [0.25, 0.3) is 10.8 Å². The van der Waals surface area contributed by atoms with Gasteiger partial charge in [0.05, 0.1) is 0 Å². The Hall–Kier alpha value is -1.92. The van der Waals surface area contributed by atoms with E-state index >= 15 is 0 Å². The third-order valence-corrected chi connectivity index (χ3v) is 4.78. The van der Waals surface area contributed by atoms with Crippen LogP contribution in [0.4, 0.5) is 5.13 Å². The molecule has 0 fully saturated rings. The summed E-state index contributed by atoms with van der Waals surface area (Å²) in [4.78, 5) is 12.4. The summed E-state index contributed by atoms with van der Waals surface area (Å²) in [5.41, 5.74) is 0.646. The van der Waals surface area contributed by atoms with E-state index in [1.807, 2.05) is 42.5 Å². The summed E-state index contributed by atoms with van der Waals surface area (Å²) in [5, 5.41) is 13.4. The van der Waals surface area contributed by atoms with Crippen molar-refractivity contribution in [3.8, 4) is 0 Å². The standard InChI is InChI=1S/C15H13N3OS2/c1-2-20-15-18-17-14(21-15)16-13(19)12-9-5-7-10-6-3-4-8-11(10)12/h3-9H,2H2,1H3,(H,16,17,19). The molecule has 0 bridgehead atoms. The molecule has 0 unspecified atom stereocenters. The van der Waals surface area contributed by atoms with Crippen LogP contribution < -0.4 is 5.32 Å². The summed E-state index contributed by atoms with van der Waals surface area (Å²) in [6.07, 6.45) is 0. The summed E-state index contributed by atoms with van der Waals surface area (Å²) in [7, 11) is 0. The molecule has 1 amide bonds. The average molecular weight is 315 g/mol. The fourth-order valence-corrected chi connectivity index (χ4v) is 3.67. The Labute approximate surface area is 130 Å². The quantitative estimate of drug-likeness (QED) is 0.583. The first-order valence-corrected chi connectivity index (χ1v) is 8.33. The fourth-order valence-electron chi connectivity index (χ4n) is 2.03. The molecule has 3 rings (SSSR count). The number of nitrogens with zero attached hydrogens (tertiary/aromatic N) is 2. The third-order valence-electron chi connectivity index (χ3n) is 2.93. The van der Waals surface area contributed by atoms with Crippen molar-refractivity contribution >= 4 is 44.9 Å². The Morgan fingerprint density at radius 3 is 2.86 bits per heavy atom. The highest BCUT2D eigenvalue weighted by Crippen LogP contribution is 2.26. The molecule has 0 radical (unpaired) electrons. The molecule has 0 aliphatic carbocycles. The highest BCUT2D eigenvalue weighted by Gasteiger charge is 2.12. The van der Waals surface area contributed by atoms with Gasteiger partial charge in [0.1, 0.15) is 0 Å². The smallest absolute Gasteiger partial charge is 0.258 e. The first kappa shape index (κ1) is 14.0. The van der Waals surface area contributed by atoms with Gasteiger partial charge in [0.2, 0.25) is 5.13 Å². The van der Waals surface area contributed by atoms with Gasteiger partial charge in [-0.2, -0.15) is 0 Å². The van der Waals surface area contributed by atoms with Crippen LogP contribution in [0, 0.1) is 0 Å². The molecule has 2 aromatic carbocycles. The monoisotopic (exact) mass is 315 g/mol. The van der Waals surface area contributed by atoms with Crippen molar-refractivity contribution in [2.24, 2.45) is 0 Å². The van der Waals surface area contributed by atoms with Crippen molar-refractivity contribution in [3.05, 3.63) is 48.0 Å². The van der Waals surface area contributed by atoms with E-state index in [-0.39, 0.29) is 5.91 Å². The SMILES string of the molecule is CCSc1nnc(NC(=O)c2cccc3ccccc23)s1. The molecule has 21 heavy (non-hydrogen) atoms. The highest BCUT2D eigenvalue weighted by atomic mass is 32.2. The molecule has 0 aliphatic heterocycles. The Bertz CT molecular complexity index is 780. The molecule has 0 saturated heterocycles. The number of benzene rings is 2. The molecule has 1 aromatic heterocycles. The first-order valence-electron chi connectivity index (χ1n) is 6.53. The van der Waals surface area contributed by atoms with Crippen molar-refractivity contribution in [2.75, 3.05) is 11.1 Å². The summed E-state index contributed by atoms with van der Waals surface area (Å²) in [6.45, 7) is 2.06. The number of aromatic nitrogens is 2. The normalized spacial score (nSPS) is 10.7. The van der Waals surface area contributed by atoms with Gasteiger partial charge in [0, 0.05) is 5.56 Å². The maximum Gasteiger partial charge on any atom is 0.258 e. The van der Waals surface area contributed by atoms with Crippen molar-refractivity contribution in [3.63, 3.8) is 0 Å². The molecule has 1 N–H and O–H groups in total. The molecule has 0 aliphatic rings. The minimum absolute atomic E-state index is 0.156. The topological polar surface area (TPSA) is 54.9 Å². The molecule has 1 heterocycles. The summed E-state index contributed by atoms with van der Waals surface area (Å²) < 4.78 is 0.866. The van der Waals surface area contributed by atoms with E-state index in [4.69, 9.17) is 0 Å². The number of carbonyl (C=O) groups is 1. The van der Waals surface area contributed by atoms with Crippen molar-refractivity contribution < 1.29 is 4.79 Å². The van der Waals surface area contributed by atoms with E-state index in [0.29, 0.717) is 10.7 Å². The Balaban J connectivity index is 1.86. The van der Waals surface area contributed by atoms with E-state index < -0.39 is 0 Å². The van der Waals surface area contributed by atoms with E-state index in [2.05, 4.69) is 22.4 Å². The largest absolute Gasteiger partial charge is 0.296 e. The molecule has 0 spiro atoms. The number of fused-ring (bicyclic) bond motifs is 1. The van der Waals surface area contributed by atoms with Crippen LogP contribution in [-0.4, -0.2) is 21.9 Å². The molecule has 3 aromatic rings. The van der Waals surface area contributed by atoms with E-state index in [1.165, 1.54) is 11.3 Å². The molecule has 6 heteroatoms. The number of anilines is 1. The number of carbonyl (C=O) groups excluding carboxylic acids is 1. The van der Waals surface area contributed by atoms with Gasteiger partial charge in [-0.05, 0) is 22.6 Å². The van der Waals surface area contributed by atoms with Crippen molar-refractivity contribution in [2.45, 2.75) is 11.3 Å². The molecular weight excluding hydrogens is 302 g/mol. The first-order chi connectivity index (χ1) is 10.3. The zero-order chi connectivity index (χ0) is 14.7. The van der Waals surface area contributed by atoms with Crippen molar-refractivity contribution in [1.82, 2.24) is 10.2 Å². The molecule has 0 saturated carbocycles. The fraction of sp³-hybridized carbons (Fsp3) is 0.133. The maximum absolute atomic E-state index is 12.4. The van der Waals surface area contributed by atoms with E-state index in [9.17, 15) is 4.79 Å². The lowest BCUT2D eigenvalue weighted by Gasteiger charge is -2.05. The van der Waals surface area contributed by atoms with Gasteiger partial charge in [0.25, 0.3) is 5.91 Å². The van der Waals surface area contributed by atoms with Crippen LogP contribution in [0.5, 0.6) is 0 Å². The van der Waals surface area contributed by atoms with Crippen LogP contribution in [0.1, 0.15) is 17.3 Å². The minimum atomic E-state index is -0.156. The van der Waals surface area contributed by atoms with E-state index in [1.54, 1.807) is 11.8 Å². The maximum atomic E-state index is 12.4. The molecular formula is C15H13N3OS2. The van der Waals surface area contributed by atoms with Gasteiger partial charge in [-0.1, -0.05) is 66.4 Å². The highest BCUT2D eigenvalue weighted by molar-refractivity contribution is 8.01. The zero-order valence-corrected chi connectivity index (χ0v) is 13.0. The second-order valence-corrected chi connectivity index (χ2v) is 6.78. The van der Waals surface area contributed by atoms with Crippen LogP contribution in [-0.2, 0) is 0 Å². The number of amides is 1. The average Bonchev–Trinajstić information content (AvgIpc) is 2.94. The number of nitrogens with one attached hydrogen (secondary N) is 1. The molecule has 0 atom stereocenters. The molecule has 106 valence electrons. The Morgan fingerprint density at radius 1 is 1.19 bits per heavy atom. The van der Waals surface area contributed by atoms with Crippen molar-refractivity contribution in [1.29, 1.82) is 0 Å². The Kier molecular flexibility index (Phi) is 4.17. The van der Waals surface area contributed by atoms with E-state index in [0.717, 1.165) is 20.9 Å². The van der Waals surface area contributed by atoms with Gasteiger partial charge < -0.3 is 0 Å². The number of hydrogen-bond acceptors (Lipinski definition) is 5.